The molecule has 1 saturated heterocycles. The standard InChI is InChI=1S/C11H18BrNO/c1-11(6-3-2-4-7-11)13-8-5-9(12)10(13)14/h9H,2-8H2,1H3. The maximum Gasteiger partial charge on any atom is 0.236 e. The lowest BCUT2D eigenvalue weighted by Crippen LogP contribution is -2.49. The predicted octanol–water partition coefficient (Wildman–Crippen LogP) is 2.71. The molecule has 0 aromatic heterocycles. The Labute approximate surface area is 94.2 Å². The van der Waals surface area contributed by atoms with E-state index in [2.05, 4.69) is 27.8 Å². The Kier molecular flexibility index (Phi) is 2.87. The van der Waals surface area contributed by atoms with Gasteiger partial charge in [-0.2, -0.15) is 0 Å². The molecule has 1 aliphatic heterocycles. The predicted molar refractivity (Wildman–Crippen MR) is 60.5 cm³/mol. The summed E-state index contributed by atoms with van der Waals surface area (Å²) in [7, 11) is 0. The molecule has 1 atom stereocenters. The molecule has 0 aromatic rings. The normalized spacial score (nSPS) is 32.3. The van der Waals surface area contributed by atoms with Crippen LogP contribution in [-0.4, -0.2) is 27.7 Å². The smallest absolute Gasteiger partial charge is 0.236 e. The van der Waals surface area contributed by atoms with Crippen LogP contribution in [0.1, 0.15) is 45.4 Å². The SMILES string of the molecule is CC1(N2CCC(Br)C2=O)CCCCC1. The lowest BCUT2D eigenvalue weighted by molar-refractivity contribution is -0.133. The third kappa shape index (κ3) is 1.71. The van der Waals surface area contributed by atoms with Crippen molar-refractivity contribution in [2.45, 2.75) is 55.8 Å². The zero-order chi connectivity index (χ0) is 10.2. The Bertz CT molecular complexity index is 235. The number of hydrogen-bond donors (Lipinski definition) is 0. The molecule has 1 aliphatic carbocycles. The first-order chi connectivity index (χ1) is 6.63. The number of rotatable bonds is 1. The third-order valence-corrected chi connectivity index (χ3v) is 4.57. The maximum atomic E-state index is 11.9. The zero-order valence-electron chi connectivity index (χ0n) is 8.76. The summed E-state index contributed by atoms with van der Waals surface area (Å²) in [5, 5.41) is 0. The molecule has 0 N–H and O–H groups in total. The van der Waals surface area contributed by atoms with E-state index < -0.39 is 0 Å². The Hall–Kier alpha value is -0.0500. The van der Waals surface area contributed by atoms with Crippen molar-refractivity contribution in [2.24, 2.45) is 0 Å². The zero-order valence-corrected chi connectivity index (χ0v) is 10.3. The molecule has 0 spiro atoms. The summed E-state index contributed by atoms with van der Waals surface area (Å²) in [4.78, 5) is 14.1. The van der Waals surface area contributed by atoms with E-state index in [1.165, 1.54) is 32.1 Å². The molecule has 1 unspecified atom stereocenters. The largest absolute Gasteiger partial charge is 0.336 e. The van der Waals surface area contributed by atoms with Crippen LogP contribution in [0.15, 0.2) is 0 Å². The first-order valence-electron chi connectivity index (χ1n) is 5.59. The lowest BCUT2D eigenvalue weighted by Gasteiger charge is -2.42. The molecule has 0 bridgehead atoms. The van der Waals surface area contributed by atoms with Crippen LogP contribution in [0.2, 0.25) is 0 Å². The van der Waals surface area contributed by atoms with E-state index in [0.29, 0.717) is 5.91 Å². The third-order valence-electron chi connectivity index (χ3n) is 3.72. The molecule has 2 aliphatic rings. The number of amides is 1. The highest BCUT2D eigenvalue weighted by molar-refractivity contribution is 9.10. The number of nitrogens with zero attached hydrogens (tertiary/aromatic N) is 1. The van der Waals surface area contributed by atoms with Gasteiger partial charge in [0.05, 0.1) is 4.83 Å². The van der Waals surface area contributed by atoms with Gasteiger partial charge in [-0.05, 0) is 26.2 Å². The van der Waals surface area contributed by atoms with Gasteiger partial charge in [-0.25, -0.2) is 0 Å². The van der Waals surface area contributed by atoms with Crippen LogP contribution in [-0.2, 0) is 4.79 Å². The van der Waals surface area contributed by atoms with Crippen molar-refractivity contribution >= 4 is 21.8 Å². The van der Waals surface area contributed by atoms with Crippen molar-refractivity contribution in [1.82, 2.24) is 4.90 Å². The highest BCUT2D eigenvalue weighted by atomic mass is 79.9. The lowest BCUT2D eigenvalue weighted by atomic mass is 9.82. The van der Waals surface area contributed by atoms with Crippen molar-refractivity contribution in [1.29, 1.82) is 0 Å². The van der Waals surface area contributed by atoms with Gasteiger partial charge in [-0.15, -0.1) is 0 Å². The highest BCUT2D eigenvalue weighted by Crippen LogP contribution is 2.37. The molecule has 2 rings (SSSR count). The summed E-state index contributed by atoms with van der Waals surface area (Å²) >= 11 is 3.44. The molecule has 80 valence electrons. The summed E-state index contributed by atoms with van der Waals surface area (Å²) in [6, 6.07) is 0. The Morgan fingerprint density at radius 1 is 1.36 bits per heavy atom. The van der Waals surface area contributed by atoms with Crippen LogP contribution in [0.5, 0.6) is 0 Å². The van der Waals surface area contributed by atoms with E-state index in [9.17, 15) is 4.79 Å². The van der Waals surface area contributed by atoms with Gasteiger partial charge in [0.25, 0.3) is 0 Å². The van der Waals surface area contributed by atoms with Crippen LogP contribution < -0.4 is 0 Å². The van der Waals surface area contributed by atoms with Crippen molar-refractivity contribution in [3.63, 3.8) is 0 Å². The van der Waals surface area contributed by atoms with Crippen LogP contribution >= 0.6 is 15.9 Å². The summed E-state index contributed by atoms with van der Waals surface area (Å²) in [6.07, 6.45) is 7.28. The fraction of sp³-hybridized carbons (Fsp3) is 0.909. The molecule has 3 heteroatoms. The Balaban J connectivity index is 2.09. The number of likely N-dealkylation sites (tertiary alicyclic amines) is 1. The number of hydrogen-bond acceptors (Lipinski definition) is 1. The second-order valence-corrected chi connectivity index (χ2v) is 5.91. The molecular formula is C11H18BrNO. The summed E-state index contributed by atoms with van der Waals surface area (Å²) in [5.74, 6) is 0.314. The fourth-order valence-corrected chi connectivity index (χ4v) is 3.22. The van der Waals surface area contributed by atoms with Crippen molar-refractivity contribution in [3.05, 3.63) is 0 Å². The monoisotopic (exact) mass is 259 g/mol. The molecule has 0 aromatic carbocycles. The Morgan fingerprint density at radius 2 is 2.00 bits per heavy atom. The fourth-order valence-electron chi connectivity index (χ4n) is 2.76. The van der Waals surface area contributed by atoms with E-state index in [0.717, 1.165) is 13.0 Å². The second-order valence-electron chi connectivity index (χ2n) is 4.80. The van der Waals surface area contributed by atoms with Crippen LogP contribution in [0.3, 0.4) is 0 Å². The van der Waals surface area contributed by atoms with Crippen molar-refractivity contribution < 1.29 is 4.79 Å². The van der Waals surface area contributed by atoms with Crippen molar-refractivity contribution in [2.75, 3.05) is 6.54 Å². The molecule has 0 radical (unpaired) electrons. The topological polar surface area (TPSA) is 20.3 Å². The number of alkyl halides is 1. The number of carbonyl (C=O) groups excluding carboxylic acids is 1. The quantitative estimate of drug-likeness (QED) is 0.664. The van der Waals surface area contributed by atoms with Gasteiger partial charge in [-0.3, -0.25) is 4.79 Å². The van der Waals surface area contributed by atoms with Gasteiger partial charge >= 0.3 is 0 Å². The first-order valence-corrected chi connectivity index (χ1v) is 6.51. The van der Waals surface area contributed by atoms with Crippen LogP contribution in [0.25, 0.3) is 0 Å². The average Bonchev–Trinajstić information content (AvgIpc) is 2.49. The molecule has 1 heterocycles. The molecular weight excluding hydrogens is 242 g/mol. The van der Waals surface area contributed by atoms with Crippen LogP contribution in [0, 0.1) is 0 Å². The molecule has 2 fully saturated rings. The van der Waals surface area contributed by atoms with Gasteiger partial charge in [0.1, 0.15) is 0 Å². The number of carbonyl (C=O) groups is 1. The minimum atomic E-state index is 0.0845. The van der Waals surface area contributed by atoms with E-state index in [1.807, 2.05) is 0 Å². The summed E-state index contributed by atoms with van der Waals surface area (Å²) in [5.41, 5.74) is 0.165. The van der Waals surface area contributed by atoms with Gasteiger partial charge in [0.15, 0.2) is 0 Å². The Morgan fingerprint density at radius 3 is 2.50 bits per heavy atom. The first kappa shape index (κ1) is 10.5. The summed E-state index contributed by atoms with van der Waals surface area (Å²) < 4.78 is 0. The number of halogens is 1. The maximum absolute atomic E-state index is 11.9. The van der Waals surface area contributed by atoms with E-state index in [-0.39, 0.29) is 10.4 Å². The van der Waals surface area contributed by atoms with Gasteiger partial charge in [-0.1, -0.05) is 35.2 Å². The van der Waals surface area contributed by atoms with E-state index >= 15 is 0 Å². The second kappa shape index (κ2) is 3.84. The summed E-state index contributed by atoms with van der Waals surface area (Å²) in [6.45, 7) is 3.21. The minimum absolute atomic E-state index is 0.0845. The van der Waals surface area contributed by atoms with Gasteiger partial charge in [0, 0.05) is 12.1 Å². The van der Waals surface area contributed by atoms with Crippen LogP contribution in [0.4, 0.5) is 0 Å². The van der Waals surface area contributed by atoms with E-state index in [4.69, 9.17) is 0 Å². The highest BCUT2D eigenvalue weighted by Gasteiger charge is 2.41. The molecule has 2 nitrogen and oxygen atoms in total. The van der Waals surface area contributed by atoms with Gasteiger partial charge in [0.2, 0.25) is 5.91 Å². The van der Waals surface area contributed by atoms with Crippen molar-refractivity contribution in [3.8, 4) is 0 Å². The molecule has 14 heavy (non-hydrogen) atoms. The average molecular weight is 260 g/mol. The molecule has 1 amide bonds. The van der Waals surface area contributed by atoms with Gasteiger partial charge < -0.3 is 4.90 Å². The van der Waals surface area contributed by atoms with E-state index in [1.54, 1.807) is 0 Å². The minimum Gasteiger partial charge on any atom is -0.336 e. The molecule has 1 saturated carbocycles.